The monoisotopic (exact) mass is 549 g/mol. The number of carbonyl (C=O) groups excluding carboxylic acids is 1. The van der Waals surface area contributed by atoms with Crippen LogP contribution in [-0.4, -0.2) is 50.3 Å². The van der Waals surface area contributed by atoms with Gasteiger partial charge in [-0.25, -0.2) is 14.3 Å². The Balaban J connectivity index is 1.31. The molecule has 1 fully saturated rings. The number of nitrogens with zero attached hydrogens (tertiary/aromatic N) is 6. The van der Waals surface area contributed by atoms with Gasteiger partial charge in [-0.15, -0.1) is 0 Å². The van der Waals surface area contributed by atoms with Crippen molar-refractivity contribution in [3.8, 4) is 5.69 Å². The summed E-state index contributed by atoms with van der Waals surface area (Å²) in [5.41, 5.74) is 7.15. The van der Waals surface area contributed by atoms with Crippen molar-refractivity contribution in [2.75, 3.05) is 30.4 Å². The fourth-order valence-electron chi connectivity index (χ4n) is 6.64. The lowest BCUT2D eigenvalue weighted by atomic mass is 9.87. The molecule has 0 atom stereocenters. The number of rotatable bonds is 7. The number of fused-ring (bicyclic) bond motifs is 4. The predicted molar refractivity (Wildman–Crippen MR) is 161 cm³/mol. The highest BCUT2D eigenvalue weighted by Gasteiger charge is 2.48. The maximum Gasteiger partial charge on any atom is 0.278 e. The molecule has 0 saturated heterocycles. The van der Waals surface area contributed by atoms with Crippen LogP contribution in [0.4, 0.5) is 17.3 Å². The van der Waals surface area contributed by atoms with Crippen LogP contribution in [0.1, 0.15) is 49.8 Å². The molecule has 210 valence electrons. The Bertz CT molecular complexity index is 1780. The summed E-state index contributed by atoms with van der Waals surface area (Å²) >= 11 is 0. The molecule has 1 aliphatic carbocycles. The van der Waals surface area contributed by atoms with Gasteiger partial charge in [0.2, 0.25) is 11.9 Å². The van der Waals surface area contributed by atoms with Crippen molar-refractivity contribution in [2.24, 2.45) is 0 Å². The number of benzene rings is 2. The van der Waals surface area contributed by atoms with E-state index >= 15 is 0 Å². The highest BCUT2D eigenvalue weighted by molar-refractivity contribution is 6.01. The second kappa shape index (κ2) is 9.69. The first-order chi connectivity index (χ1) is 19.9. The van der Waals surface area contributed by atoms with Crippen LogP contribution in [0.3, 0.4) is 0 Å². The third-order valence-corrected chi connectivity index (χ3v) is 8.68. The average Bonchev–Trinajstić information content (AvgIpc) is 3.57. The molecule has 1 spiro atoms. The van der Waals surface area contributed by atoms with Gasteiger partial charge in [0.1, 0.15) is 5.39 Å². The molecule has 41 heavy (non-hydrogen) atoms. The second-order valence-corrected chi connectivity index (χ2v) is 11.7. The molecule has 0 unspecified atom stereocenters. The third-order valence-electron chi connectivity index (χ3n) is 8.68. The SMILES string of the molecule is C/C=C\Cn1c(=O)c2cnc(Nc3ccc4c(c3)CN(C)CC43CC3)nc2n1-c1ccc2c(c1)N(CCC)C(=O)C2. The molecule has 4 heterocycles. The Morgan fingerprint density at radius 2 is 1.95 bits per heavy atom. The minimum Gasteiger partial charge on any atom is -0.324 e. The quantitative estimate of drug-likeness (QED) is 0.337. The zero-order chi connectivity index (χ0) is 28.3. The van der Waals surface area contributed by atoms with E-state index in [4.69, 9.17) is 4.98 Å². The van der Waals surface area contributed by atoms with Crippen LogP contribution in [0, 0.1) is 0 Å². The standard InChI is InChI=1S/C32H35N7O2/c1-4-6-14-38-30(41)25-18-33-31(34-23-8-10-26-22(15-23)19-36(3)20-32(26)11-12-32)35-29(25)39(38)24-9-7-21-16-28(40)37(13-5-2)27(21)17-24/h4,6-10,15,17-18H,5,11-14,16,19-20H2,1-3H3,(H,33,34,35)/b6-4-. The second-order valence-electron chi connectivity index (χ2n) is 11.7. The van der Waals surface area contributed by atoms with Crippen molar-refractivity contribution in [1.82, 2.24) is 24.2 Å². The van der Waals surface area contributed by atoms with Gasteiger partial charge in [-0.1, -0.05) is 31.2 Å². The smallest absolute Gasteiger partial charge is 0.278 e. The molecule has 0 bridgehead atoms. The van der Waals surface area contributed by atoms with E-state index in [1.165, 1.54) is 24.0 Å². The van der Waals surface area contributed by atoms with Crippen LogP contribution in [0.2, 0.25) is 0 Å². The number of carbonyl (C=O) groups is 1. The van der Waals surface area contributed by atoms with E-state index in [0.29, 0.717) is 41.9 Å². The number of allylic oxidation sites excluding steroid dienone is 2. The van der Waals surface area contributed by atoms with Crippen LogP contribution in [0.25, 0.3) is 16.7 Å². The van der Waals surface area contributed by atoms with Gasteiger partial charge in [0.15, 0.2) is 5.65 Å². The molecule has 2 aromatic heterocycles. The molecule has 9 heteroatoms. The first kappa shape index (κ1) is 25.7. The number of aromatic nitrogens is 4. The zero-order valence-electron chi connectivity index (χ0n) is 23.9. The van der Waals surface area contributed by atoms with E-state index in [1.807, 2.05) is 46.9 Å². The van der Waals surface area contributed by atoms with Crippen molar-refractivity contribution in [3.63, 3.8) is 0 Å². The molecule has 1 saturated carbocycles. The predicted octanol–water partition coefficient (Wildman–Crippen LogP) is 4.68. The number of nitrogens with one attached hydrogen (secondary N) is 1. The molecule has 1 amide bonds. The summed E-state index contributed by atoms with van der Waals surface area (Å²) in [6, 6.07) is 12.5. The van der Waals surface area contributed by atoms with E-state index in [9.17, 15) is 9.59 Å². The molecular weight excluding hydrogens is 514 g/mol. The number of amides is 1. The van der Waals surface area contributed by atoms with Gasteiger partial charge in [-0.3, -0.25) is 9.59 Å². The number of likely N-dealkylation sites (N-methyl/N-ethyl adjacent to an activating group) is 1. The van der Waals surface area contributed by atoms with E-state index in [2.05, 4.69) is 47.4 Å². The van der Waals surface area contributed by atoms with Crippen LogP contribution in [-0.2, 0) is 29.7 Å². The molecule has 9 nitrogen and oxygen atoms in total. The first-order valence-corrected chi connectivity index (χ1v) is 14.5. The molecule has 2 aromatic carbocycles. The van der Waals surface area contributed by atoms with Gasteiger partial charge in [0, 0.05) is 42.6 Å². The summed E-state index contributed by atoms with van der Waals surface area (Å²) < 4.78 is 3.53. The number of hydrogen-bond donors (Lipinski definition) is 1. The van der Waals surface area contributed by atoms with Gasteiger partial charge in [-0.2, -0.15) is 4.98 Å². The molecule has 7 rings (SSSR count). The van der Waals surface area contributed by atoms with Crippen molar-refractivity contribution >= 4 is 34.3 Å². The van der Waals surface area contributed by atoms with E-state index in [-0.39, 0.29) is 11.5 Å². The molecule has 3 aliphatic rings. The van der Waals surface area contributed by atoms with Crippen molar-refractivity contribution in [2.45, 2.75) is 58.0 Å². The Labute approximate surface area is 239 Å². The number of anilines is 3. The Kier molecular flexibility index (Phi) is 6.08. The van der Waals surface area contributed by atoms with Gasteiger partial charge >= 0.3 is 0 Å². The number of hydrogen-bond acceptors (Lipinski definition) is 6. The van der Waals surface area contributed by atoms with Crippen molar-refractivity contribution in [3.05, 3.63) is 81.8 Å². The van der Waals surface area contributed by atoms with Crippen LogP contribution in [0.5, 0.6) is 0 Å². The Morgan fingerprint density at radius 1 is 1.10 bits per heavy atom. The molecule has 1 N–H and O–H groups in total. The largest absolute Gasteiger partial charge is 0.324 e. The third kappa shape index (κ3) is 4.26. The molecule has 4 aromatic rings. The Morgan fingerprint density at radius 3 is 2.73 bits per heavy atom. The lowest BCUT2D eigenvalue weighted by molar-refractivity contribution is -0.117. The lowest BCUT2D eigenvalue weighted by Gasteiger charge is -2.32. The fourth-order valence-corrected chi connectivity index (χ4v) is 6.64. The van der Waals surface area contributed by atoms with Gasteiger partial charge in [0.25, 0.3) is 5.56 Å². The first-order valence-electron chi connectivity index (χ1n) is 14.5. The fraction of sp³-hybridized carbons (Fsp3) is 0.375. The molecule has 0 radical (unpaired) electrons. The van der Waals surface area contributed by atoms with Gasteiger partial charge in [-0.05, 0) is 74.2 Å². The summed E-state index contributed by atoms with van der Waals surface area (Å²) in [6.07, 6.45) is 9.27. The summed E-state index contributed by atoms with van der Waals surface area (Å²) in [5.74, 6) is 0.545. The van der Waals surface area contributed by atoms with E-state index in [1.54, 1.807) is 10.9 Å². The van der Waals surface area contributed by atoms with E-state index in [0.717, 1.165) is 42.1 Å². The summed E-state index contributed by atoms with van der Waals surface area (Å²) in [6.45, 7) is 7.12. The maximum atomic E-state index is 13.5. The highest BCUT2D eigenvalue weighted by Crippen LogP contribution is 2.52. The van der Waals surface area contributed by atoms with Gasteiger partial charge in [0.05, 0.1) is 18.7 Å². The minimum atomic E-state index is -0.154. The summed E-state index contributed by atoms with van der Waals surface area (Å²) in [5, 5.41) is 3.85. The van der Waals surface area contributed by atoms with Crippen molar-refractivity contribution < 1.29 is 4.79 Å². The van der Waals surface area contributed by atoms with Gasteiger partial charge < -0.3 is 15.1 Å². The average molecular weight is 550 g/mol. The zero-order valence-corrected chi connectivity index (χ0v) is 23.9. The highest BCUT2D eigenvalue weighted by atomic mass is 16.2. The van der Waals surface area contributed by atoms with Crippen LogP contribution < -0.4 is 15.8 Å². The van der Waals surface area contributed by atoms with Crippen LogP contribution in [0.15, 0.2) is 59.5 Å². The summed E-state index contributed by atoms with van der Waals surface area (Å²) in [4.78, 5) is 39.9. The Hall–Kier alpha value is -4.24. The molecule has 2 aliphatic heterocycles. The van der Waals surface area contributed by atoms with Crippen LogP contribution >= 0.6 is 0 Å². The normalized spacial score (nSPS) is 17.5. The maximum absolute atomic E-state index is 13.5. The van der Waals surface area contributed by atoms with Crippen molar-refractivity contribution in [1.29, 1.82) is 0 Å². The lowest BCUT2D eigenvalue weighted by Crippen LogP contribution is -2.35. The molecular formula is C32H35N7O2. The summed E-state index contributed by atoms with van der Waals surface area (Å²) in [7, 11) is 2.19. The van der Waals surface area contributed by atoms with E-state index < -0.39 is 0 Å². The minimum absolute atomic E-state index is 0.111. The topological polar surface area (TPSA) is 88.3 Å².